The molecule has 11 heteroatoms. The number of halogens is 5. The van der Waals surface area contributed by atoms with E-state index in [1.165, 1.54) is 10.9 Å². The Balaban J connectivity index is 1.53. The SMILES string of the molecule is CC1CC(c2cnc3c(C(F)(F)F)nn(C(C)c4ccc(Cl)cc4Cl)c3n2)=CCC1N1CCCC1CO. The second kappa shape index (κ2) is 10.2. The summed E-state index contributed by atoms with van der Waals surface area (Å²) < 4.78 is 42.8. The van der Waals surface area contributed by atoms with Crippen LogP contribution in [0.15, 0.2) is 30.5 Å². The molecule has 3 aromatic rings. The van der Waals surface area contributed by atoms with Crippen LogP contribution < -0.4 is 0 Å². The summed E-state index contributed by atoms with van der Waals surface area (Å²) in [6.07, 6.45) is 2.42. The Morgan fingerprint density at radius 3 is 2.70 bits per heavy atom. The summed E-state index contributed by atoms with van der Waals surface area (Å²) in [6.45, 7) is 5.02. The van der Waals surface area contributed by atoms with Crippen molar-refractivity contribution in [1.82, 2.24) is 24.6 Å². The van der Waals surface area contributed by atoms with Crippen molar-refractivity contribution in [2.45, 2.75) is 63.8 Å². The molecule has 0 radical (unpaired) electrons. The van der Waals surface area contributed by atoms with Crippen LogP contribution in [0.1, 0.15) is 62.5 Å². The maximum atomic E-state index is 13.9. The fourth-order valence-corrected chi connectivity index (χ4v) is 6.29. The lowest BCUT2D eigenvalue weighted by Gasteiger charge is -2.38. The molecule has 2 aliphatic rings. The number of hydrogen-bond acceptors (Lipinski definition) is 5. The van der Waals surface area contributed by atoms with Crippen LogP contribution >= 0.6 is 23.2 Å². The molecule has 1 saturated heterocycles. The van der Waals surface area contributed by atoms with Crippen LogP contribution in [0.2, 0.25) is 10.0 Å². The van der Waals surface area contributed by atoms with Crippen LogP contribution in [-0.2, 0) is 6.18 Å². The van der Waals surface area contributed by atoms with Gasteiger partial charge in [0.15, 0.2) is 11.3 Å². The van der Waals surface area contributed by atoms with Crippen molar-refractivity contribution in [3.05, 3.63) is 57.5 Å². The Hall–Kier alpha value is -2.20. The van der Waals surface area contributed by atoms with Crippen molar-refractivity contribution in [1.29, 1.82) is 0 Å². The maximum absolute atomic E-state index is 13.9. The molecule has 0 bridgehead atoms. The highest BCUT2D eigenvalue weighted by atomic mass is 35.5. The fraction of sp³-hybridized carbons (Fsp3) is 0.500. The first-order valence-corrected chi connectivity index (χ1v) is 13.2. The first kappa shape index (κ1) is 26.4. The summed E-state index contributed by atoms with van der Waals surface area (Å²) in [5.74, 6) is 0.298. The molecule has 3 heterocycles. The molecule has 0 spiro atoms. The van der Waals surface area contributed by atoms with Crippen molar-refractivity contribution in [3.63, 3.8) is 0 Å². The molecular weight excluding hydrogens is 526 g/mol. The molecule has 1 N–H and O–H groups in total. The van der Waals surface area contributed by atoms with Crippen LogP contribution in [0.5, 0.6) is 0 Å². The zero-order valence-electron chi connectivity index (χ0n) is 20.5. The van der Waals surface area contributed by atoms with Crippen LogP contribution in [0, 0.1) is 5.92 Å². The molecule has 1 fully saturated rings. The van der Waals surface area contributed by atoms with Crippen molar-refractivity contribution < 1.29 is 18.3 Å². The van der Waals surface area contributed by atoms with E-state index < -0.39 is 17.9 Å². The average molecular weight is 554 g/mol. The van der Waals surface area contributed by atoms with Gasteiger partial charge in [-0.1, -0.05) is 42.3 Å². The number of likely N-dealkylation sites (tertiary alicyclic amines) is 1. The largest absolute Gasteiger partial charge is 0.437 e. The smallest absolute Gasteiger partial charge is 0.395 e. The molecule has 37 heavy (non-hydrogen) atoms. The number of aliphatic hydroxyl groups is 1. The van der Waals surface area contributed by atoms with E-state index in [4.69, 9.17) is 23.2 Å². The number of aliphatic hydroxyl groups excluding tert-OH is 1. The fourth-order valence-electron chi connectivity index (χ4n) is 5.72. The second-order valence-electron chi connectivity index (χ2n) is 9.99. The standard InChI is InChI=1S/C26H28Cl2F3N5O/c1-14-10-16(5-8-22(14)35-9-3-4-18(35)13-37)21-12-32-23-24(26(29,30)31)34-36(25(23)33-21)15(2)19-7-6-17(27)11-20(19)28/h5-7,11-12,14-15,18,22,37H,3-4,8-10,13H2,1-2H3. The van der Waals surface area contributed by atoms with E-state index in [0.717, 1.165) is 37.8 Å². The Bertz CT molecular complexity index is 1340. The van der Waals surface area contributed by atoms with Gasteiger partial charge in [-0.25, -0.2) is 14.6 Å². The summed E-state index contributed by atoms with van der Waals surface area (Å²) in [5, 5.41) is 14.4. The van der Waals surface area contributed by atoms with Crippen LogP contribution in [0.25, 0.3) is 16.7 Å². The van der Waals surface area contributed by atoms with E-state index in [1.54, 1.807) is 25.1 Å². The molecule has 4 unspecified atom stereocenters. The average Bonchev–Trinajstić information content (AvgIpc) is 3.48. The van der Waals surface area contributed by atoms with Gasteiger partial charge >= 0.3 is 6.18 Å². The summed E-state index contributed by atoms with van der Waals surface area (Å²) in [6, 6.07) is 4.73. The van der Waals surface area contributed by atoms with Gasteiger partial charge in [0.1, 0.15) is 5.52 Å². The highest BCUT2D eigenvalue weighted by Gasteiger charge is 2.40. The number of benzene rings is 1. The van der Waals surface area contributed by atoms with Gasteiger partial charge in [-0.2, -0.15) is 18.3 Å². The lowest BCUT2D eigenvalue weighted by atomic mass is 9.83. The summed E-state index contributed by atoms with van der Waals surface area (Å²) in [4.78, 5) is 11.3. The minimum absolute atomic E-state index is 0.0545. The van der Waals surface area contributed by atoms with Crippen molar-refractivity contribution >= 4 is 39.9 Å². The first-order chi connectivity index (χ1) is 17.6. The van der Waals surface area contributed by atoms with E-state index in [2.05, 4.69) is 33.0 Å². The number of rotatable bonds is 5. The molecule has 0 amide bonds. The van der Waals surface area contributed by atoms with Gasteiger partial charge in [-0.3, -0.25) is 4.90 Å². The maximum Gasteiger partial charge on any atom is 0.437 e. The van der Waals surface area contributed by atoms with E-state index in [0.29, 0.717) is 33.3 Å². The summed E-state index contributed by atoms with van der Waals surface area (Å²) >= 11 is 12.4. The molecular formula is C26H28Cl2F3N5O. The molecule has 4 atom stereocenters. The van der Waals surface area contributed by atoms with Crippen molar-refractivity contribution in [2.75, 3.05) is 13.2 Å². The van der Waals surface area contributed by atoms with E-state index >= 15 is 0 Å². The minimum Gasteiger partial charge on any atom is -0.395 e. The van der Waals surface area contributed by atoms with Gasteiger partial charge in [0.2, 0.25) is 0 Å². The third-order valence-corrected chi connectivity index (χ3v) is 8.21. The topological polar surface area (TPSA) is 67.1 Å². The number of alkyl halides is 3. The molecule has 6 nitrogen and oxygen atoms in total. The van der Waals surface area contributed by atoms with Crippen LogP contribution in [0.4, 0.5) is 13.2 Å². The van der Waals surface area contributed by atoms with E-state index in [-0.39, 0.29) is 23.8 Å². The van der Waals surface area contributed by atoms with Gasteiger partial charge in [0.05, 0.1) is 24.5 Å². The molecule has 5 rings (SSSR count). The third-order valence-electron chi connectivity index (χ3n) is 7.64. The monoisotopic (exact) mass is 553 g/mol. The Morgan fingerprint density at radius 1 is 1.24 bits per heavy atom. The number of allylic oxidation sites excluding steroid dienone is 1. The Labute approximate surface area is 223 Å². The Kier molecular flexibility index (Phi) is 7.26. The normalized spacial score (nSPS) is 24.0. The molecule has 0 saturated carbocycles. The summed E-state index contributed by atoms with van der Waals surface area (Å²) in [7, 11) is 0. The molecule has 1 aliphatic heterocycles. The summed E-state index contributed by atoms with van der Waals surface area (Å²) in [5.41, 5.74) is 0.762. The zero-order chi connectivity index (χ0) is 26.5. The van der Waals surface area contributed by atoms with Gasteiger partial charge in [-0.15, -0.1) is 0 Å². The van der Waals surface area contributed by atoms with E-state index in [9.17, 15) is 18.3 Å². The van der Waals surface area contributed by atoms with Gasteiger partial charge in [0.25, 0.3) is 0 Å². The lowest BCUT2D eigenvalue weighted by molar-refractivity contribution is -0.140. The van der Waals surface area contributed by atoms with Crippen LogP contribution in [0.3, 0.4) is 0 Å². The molecule has 1 aliphatic carbocycles. The first-order valence-electron chi connectivity index (χ1n) is 12.4. The van der Waals surface area contributed by atoms with Crippen molar-refractivity contribution in [2.24, 2.45) is 5.92 Å². The number of hydrogen-bond donors (Lipinski definition) is 1. The third kappa shape index (κ3) is 4.99. The minimum atomic E-state index is -4.69. The molecule has 198 valence electrons. The van der Waals surface area contributed by atoms with Crippen molar-refractivity contribution in [3.8, 4) is 0 Å². The van der Waals surface area contributed by atoms with Crippen LogP contribution in [-0.4, -0.2) is 55.0 Å². The van der Waals surface area contributed by atoms with Gasteiger partial charge in [0, 0.05) is 22.1 Å². The predicted molar refractivity (Wildman–Crippen MR) is 138 cm³/mol. The highest BCUT2D eigenvalue weighted by Crippen LogP contribution is 2.39. The predicted octanol–water partition coefficient (Wildman–Crippen LogP) is 6.40. The molecule has 2 aromatic heterocycles. The number of fused-ring (bicyclic) bond motifs is 1. The highest BCUT2D eigenvalue weighted by molar-refractivity contribution is 6.35. The zero-order valence-corrected chi connectivity index (χ0v) is 22.0. The Morgan fingerprint density at radius 2 is 2.03 bits per heavy atom. The number of nitrogens with zero attached hydrogens (tertiary/aromatic N) is 5. The van der Waals surface area contributed by atoms with Gasteiger partial charge < -0.3 is 5.11 Å². The van der Waals surface area contributed by atoms with E-state index in [1.807, 2.05) is 0 Å². The lowest BCUT2D eigenvalue weighted by Crippen LogP contribution is -2.45. The second-order valence-corrected chi connectivity index (χ2v) is 10.8. The quantitative estimate of drug-likeness (QED) is 0.396. The number of aromatic nitrogens is 4. The molecule has 1 aromatic carbocycles. The van der Waals surface area contributed by atoms with Gasteiger partial charge in [-0.05, 0) is 68.3 Å².